The summed E-state index contributed by atoms with van der Waals surface area (Å²) in [5.74, 6) is -1.91. The van der Waals surface area contributed by atoms with Crippen molar-refractivity contribution >= 4 is 19.7 Å². The van der Waals surface area contributed by atoms with E-state index in [9.17, 15) is 21.6 Å². The standard InChI is InChI=1S/C7H5ClF3NO3S/c1-15-3-2-4(16(8,13)14)5(6(9)10)12-7(3)11/h2,6H,1H3. The zero-order valence-corrected chi connectivity index (χ0v) is 9.32. The highest BCUT2D eigenvalue weighted by molar-refractivity contribution is 8.13. The van der Waals surface area contributed by atoms with E-state index in [0.717, 1.165) is 7.11 Å². The first kappa shape index (κ1) is 13.0. The highest BCUT2D eigenvalue weighted by Gasteiger charge is 2.26. The van der Waals surface area contributed by atoms with Crippen LogP contribution >= 0.6 is 10.7 Å². The van der Waals surface area contributed by atoms with Gasteiger partial charge in [-0.15, -0.1) is 0 Å². The predicted octanol–water partition coefficient (Wildman–Crippen LogP) is 2.09. The number of halogens is 4. The van der Waals surface area contributed by atoms with Gasteiger partial charge in [-0.25, -0.2) is 22.2 Å². The summed E-state index contributed by atoms with van der Waals surface area (Å²) in [4.78, 5) is 1.83. The third-order valence-corrected chi connectivity index (χ3v) is 2.98. The van der Waals surface area contributed by atoms with E-state index in [1.165, 1.54) is 0 Å². The van der Waals surface area contributed by atoms with Gasteiger partial charge in [-0.1, -0.05) is 0 Å². The quantitative estimate of drug-likeness (QED) is 0.626. The van der Waals surface area contributed by atoms with Crippen LogP contribution in [0, 0.1) is 5.95 Å². The van der Waals surface area contributed by atoms with Gasteiger partial charge in [0.25, 0.3) is 21.4 Å². The fourth-order valence-electron chi connectivity index (χ4n) is 0.963. The minimum Gasteiger partial charge on any atom is -0.492 e. The summed E-state index contributed by atoms with van der Waals surface area (Å²) in [6, 6.07) is 0.562. The Morgan fingerprint density at radius 1 is 1.50 bits per heavy atom. The number of pyridine rings is 1. The summed E-state index contributed by atoms with van der Waals surface area (Å²) in [6.07, 6.45) is -3.26. The van der Waals surface area contributed by atoms with Crippen LogP contribution in [-0.2, 0) is 9.05 Å². The molecule has 0 radical (unpaired) electrons. The summed E-state index contributed by atoms with van der Waals surface area (Å²) < 4.78 is 64.0. The van der Waals surface area contributed by atoms with Crippen LogP contribution < -0.4 is 4.74 Å². The lowest BCUT2D eigenvalue weighted by atomic mass is 10.3. The van der Waals surface area contributed by atoms with E-state index in [2.05, 4.69) is 9.72 Å². The number of methoxy groups -OCH3 is 1. The van der Waals surface area contributed by atoms with Crippen molar-refractivity contribution in [2.24, 2.45) is 0 Å². The molecule has 0 saturated heterocycles. The van der Waals surface area contributed by atoms with Gasteiger partial charge in [0.15, 0.2) is 5.75 Å². The zero-order chi connectivity index (χ0) is 12.5. The molecular weight excluding hydrogens is 271 g/mol. The molecule has 90 valence electrons. The molecule has 1 heterocycles. The van der Waals surface area contributed by atoms with Crippen molar-refractivity contribution in [2.75, 3.05) is 7.11 Å². The summed E-state index contributed by atoms with van der Waals surface area (Å²) >= 11 is 0. The van der Waals surface area contributed by atoms with Crippen molar-refractivity contribution in [3.05, 3.63) is 17.7 Å². The summed E-state index contributed by atoms with van der Waals surface area (Å²) in [5.41, 5.74) is -1.24. The maximum atomic E-state index is 13.0. The molecule has 0 saturated carbocycles. The molecule has 0 bridgehead atoms. The molecule has 4 nitrogen and oxygen atoms in total. The van der Waals surface area contributed by atoms with Crippen LogP contribution in [0.2, 0.25) is 0 Å². The average Bonchev–Trinajstić information content (AvgIpc) is 2.15. The molecule has 0 fully saturated rings. The number of aromatic nitrogens is 1. The number of ether oxygens (including phenoxy) is 1. The van der Waals surface area contributed by atoms with Crippen molar-refractivity contribution in [2.45, 2.75) is 11.3 Å². The molecule has 0 aliphatic rings. The van der Waals surface area contributed by atoms with E-state index >= 15 is 0 Å². The van der Waals surface area contributed by atoms with Crippen molar-refractivity contribution in [3.63, 3.8) is 0 Å². The second-order valence-corrected chi connectivity index (χ2v) is 5.14. The van der Waals surface area contributed by atoms with Crippen LogP contribution in [0.25, 0.3) is 0 Å². The topological polar surface area (TPSA) is 56.3 Å². The lowest BCUT2D eigenvalue weighted by molar-refractivity contribution is 0.140. The van der Waals surface area contributed by atoms with Gasteiger partial charge in [0.1, 0.15) is 10.6 Å². The first-order valence-corrected chi connectivity index (χ1v) is 6.05. The Hall–Kier alpha value is -1.02. The van der Waals surface area contributed by atoms with Crippen LogP contribution in [0.1, 0.15) is 12.1 Å². The highest BCUT2D eigenvalue weighted by atomic mass is 35.7. The van der Waals surface area contributed by atoms with Gasteiger partial charge in [-0.05, 0) is 0 Å². The number of nitrogens with zero attached hydrogens (tertiary/aromatic N) is 1. The molecule has 0 atom stereocenters. The van der Waals surface area contributed by atoms with E-state index in [1.54, 1.807) is 0 Å². The van der Waals surface area contributed by atoms with E-state index in [1.807, 2.05) is 0 Å². The molecule has 1 aromatic heterocycles. The molecule has 0 amide bonds. The molecule has 0 aromatic carbocycles. The van der Waals surface area contributed by atoms with Crippen LogP contribution in [0.15, 0.2) is 11.0 Å². The summed E-state index contributed by atoms with van der Waals surface area (Å²) in [7, 11) is 1.50. The SMILES string of the molecule is COc1cc(S(=O)(=O)Cl)c(C(F)F)nc1F. The first-order valence-electron chi connectivity index (χ1n) is 3.74. The monoisotopic (exact) mass is 275 g/mol. The van der Waals surface area contributed by atoms with Crippen molar-refractivity contribution in [1.82, 2.24) is 4.98 Å². The molecule has 0 unspecified atom stereocenters. The fourth-order valence-corrected chi connectivity index (χ4v) is 1.97. The van der Waals surface area contributed by atoms with Gasteiger partial charge < -0.3 is 4.74 Å². The van der Waals surface area contributed by atoms with Crippen molar-refractivity contribution < 1.29 is 26.3 Å². The Morgan fingerprint density at radius 3 is 2.44 bits per heavy atom. The van der Waals surface area contributed by atoms with E-state index in [0.29, 0.717) is 6.07 Å². The van der Waals surface area contributed by atoms with Gasteiger partial charge in [0.05, 0.1) is 7.11 Å². The lowest BCUT2D eigenvalue weighted by Crippen LogP contribution is -2.05. The van der Waals surface area contributed by atoms with Gasteiger partial charge in [-0.2, -0.15) is 4.39 Å². The van der Waals surface area contributed by atoms with Gasteiger partial charge >= 0.3 is 0 Å². The number of rotatable bonds is 3. The summed E-state index contributed by atoms with van der Waals surface area (Å²) in [6.45, 7) is 0. The zero-order valence-electron chi connectivity index (χ0n) is 7.75. The van der Waals surface area contributed by atoms with Crippen molar-refractivity contribution in [3.8, 4) is 5.75 Å². The minimum absolute atomic E-state index is 0.562. The molecular formula is C7H5ClF3NO3S. The van der Waals surface area contributed by atoms with Crippen LogP contribution in [-0.4, -0.2) is 20.5 Å². The second-order valence-electron chi connectivity index (χ2n) is 2.60. The minimum atomic E-state index is -4.44. The average molecular weight is 276 g/mol. The lowest BCUT2D eigenvalue weighted by Gasteiger charge is -2.08. The molecule has 0 aliphatic carbocycles. The van der Waals surface area contributed by atoms with Crippen LogP contribution in [0.5, 0.6) is 5.75 Å². The van der Waals surface area contributed by atoms with Crippen molar-refractivity contribution in [1.29, 1.82) is 0 Å². The molecule has 16 heavy (non-hydrogen) atoms. The van der Waals surface area contributed by atoms with Crippen LogP contribution in [0.4, 0.5) is 13.2 Å². The Labute approximate surface area is 93.4 Å². The maximum Gasteiger partial charge on any atom is 0.281 e. The predicted molar refractivity (Wildman–Crippen MR) is 48.7 cm³/mol. The number of hydrogen-bond acceptors (Lipinski definition) is 4. The van der Waals surface area contributed by atoms with Gasteiger partial charge in [0.2, 0.25) is 0 Å². The normalized spacial score (nSPS) is 11.9. The number of alkyl halides is 2. The Balaban J connectivity index is 3.56. The Morgan fingerprint density at radius 2 is 2.06 bits per heavy atom. The molecule has 1 rings (SSSR count). The molecule has 9 heteroatoms. The summed E-state index contributed by atoms with van der Waals surface area (Å²) in [5, 5.41) is 0. The van der Waals surface area contributed by atoms with E-state index in [4.69, 9.17) is 10.7 Å². The maximum absolute atomic E-state index is 13.0. The molecule has 0 N–H and O–H groups in total. The number of hydrogen-bond donors (Lipinski definition) is 0. The Bertz CT molecular complexity index is 506. The molecule has 0 spiro atoms. The third kappa shape index (κ3) is 2.56. The van der Waals surface area contributed by atoms with Gasteiger partial charge in [-0.3, -0.25) is 0 Å². The smallest absolute Gasteiger partial charge is 0.281 e. The van der Waals surface area contributed by atoms with Crippen LogP contribution in [0.3, 0.4) is 0 Å². The third-order valence-electron chi connectivity index (χ3n) is 1.63. The molecule has 1 aromatic rings. The van der Waals surface area contributed by atoms with E-state index < -0.39 is 37.8 Å². The van der Waals surface area contributed by atoms with E-state index in [-0.39, 0.29) is 0 Å². The fraction of sp³-hybridized carbons (Fsp3) is 0.286. The largest absolute Gasteiger partial charge is 0.492 e. The molecule has 0 aliphatic heterocycles. The first-order chi connectivity index (χ1) is 7.27. The van der Waals surface area contributed by atoms with Gasteiger partial charge in [0, 0.05) is 16.7 Å². The highest BCUT2D eigenvalue weighted by Crippen LogP contribution is 2.31. The Kier molecular flexibility index (Phi) is 3.64. The second kappa shape index (κ2) is 4.46.